The molecule has 11 nitrogen and oxygen atoms in total. The second kappa shape index (κ2) is 10.0. The summed E-state index contributed by atoms with van der Waals surface area (Å²) < 4.78 is 19.8. The predicted molar refractivity (Wildman–Crippen MR) is 111 cm³/mol. The number of hydrogen-bond donors (Lipinski definition) is 1. The fourth-order valence-electron chi connectivity index (χ4n) is 3.74. The molecule has 164 valence electrons. The van der Waals surface area contributed by atoms with Crippen LogP contribution in [0, 0.1) is 0 Å². The lowest BCUT2D eigenvalue weighted by molar-refractivity contribution is -0.0664. The Labute approximate surface area is 175 Å². The number of fused-ring (bicyclic) bond motifs is 1. The van der Waals surface area contributed by atoms with Crippen molar-refractivity contribution in [1.82, 2.24) is 19.6 Å². The summed E-state index contributed by atoms with van der Waals surface area (Å²) in [5.74, 6) is 0.213. The number of anilines is 1. The van der Waals surface area contributed by atoms with E-state index in [-0.39, 0.29) is 5.95 Å². The molecule has 1 aliphatic heterocycles. The second-order valence-electron chi connectivity index (χ2n) is 7.61. The molecule has 11 heteroatoms. The molecule has 2 aromatic heterocycles. The van der Waals surface area contributed by atoms with E-state index in [9.17, 15) is 5.53 Å². The largest absolute Gasteiger partial charge is 0.379 e. The third-order valence-corrected chi connectivity index (χ3v) is 5.38. The van der Waals surface area contributed by atoms with E-state index in [2.05, 4.69) is 38.9 Å². The fraction of sp³-hybridized carbons (Fsp3) is 0.737. The van der Waals surface area contributed by atoms with Gasteiger partial charge in [-0.2, -0.15) is 9.61 Å². The van der Waals surface area contributed by atoms with Crippen LogP contribution in [0.5, 0.6) is 0 Å². The maximum Gasteiger partial charge on any atom is 0.224 e. The molecule has 0 bridgehead atoms. The molecule has 3 heterocycles. The Morgan fingerprint density at radius 1 is 1.30 bits per heavy atom. The molecule has 1 aliphatic rings. The lowest BCUT2D eigenvalue weighted by atomic mass is 9.86. The van der Waals surface area contributed by atoms with Gasteiger partial charge in [-0.1, -0.05) is 31.8 Å². The van der Waals surface area contributed by atoms with Crippen LogP contribution >= 0.6 is 0 Å². The maximum atomic E-state index is 9.34. The topological polar surface area (TPSA) is 146 Å². The standard InChI is InChI=1S/C19H30N8O3/c1-4-6-8-28-11-14-16(29-9-7-5-2)19(3,25-26-21)15(30-14)13-10-24-27-17(13)22-12-23-18(27)20/h10,12,14-16H,4-9,11H2,1-3H3,(H2,20,22,23)/t14-,15?,16-,19+/m1/s1. The van der Waals surface area contributed by atoms with E-state index in [4.69, 9.17) is 19.9 Å². The van der Waals surface area contributed by atoms with E-state index in [0.29, 0.717) is 31.0 Å². The van der Waals surface area contributed by atoms with Crippen LogP contribution in [0.2, 0.25) is 0 Å². The zero-order valence-electron chi connectivity index (χ0n) is 17.8. The Hall–Kier alpha value is -2.46. The van der Waals surface area contributed by atoms with Crippen molar-refractivity contribution >= 4 is 11.6 Å². The summed E-state index contributed by atoms with van der Waals surface area (Å²) in [6.45, 7) is 7.58. The lowest BCUT2D eigenvalue weighted by Crippen LogP contribution is -2.44. The summed E-state index contributed by atoms with van der Waals surface area (Å²) in [4.78, 5) is 11.4. The lowest BCUT2D eigenvalue weighted by Gasteiger charge is -2.30. The van der Waals surface area contributed by atoms with E-state index in [0.717, 1.165) is 25.7 Å². The molecule has 1 saturated heterocycles. The number of aromatic nitrogens is 4. The first-order valence-electron chi connectivity index (χ1n) is 10.4. The van der Waals surface area contributed by atoms with Crippen LogP contribution in [-0.2, 0) is 14.2 Å². The Morgan fingerprint density at radius 3 is 2.80 bits per heavy atom. The van der Waals surface area contributed by atoms with Gasteiger partial charge in [0.2, 0.25) is 5.95 Å². The molecule has 2 aromatic rings. The molecule has 4 atom stereocenters. The third-order valence-electron chi connectivity index (χ3n) is 5.38. The van der Waals surface area contributed by atoms with E-state index in [1.54, 1.807) is 6.20 Å². The fourth-order valence-corrected chi connectivity index (χ4v) is 3.74. The SMILES string of the molecule is CCCCOC[C@H]1OC(c2cnn3c(N)ncnc23)[C@](C)(N=[N+]=[N-])[C@@H]1OCCCC. The van der Waals surface area contributed by atoms with Gasteiger partial charge in [0.25, 0.3) is 0 Å². The van der Waals surface area contributed by atoms with Crippen LogP contribution in [0.1, 0.15) is 58.1 Å². The summed E-state index contributed by atoms with van der Waals surface area (Å²) in [7, 11) is 0. The predicted octanol–water partition coefficient (Wildman–Crippen LogP) is 3.22. The highest BCUT2D eigenvalue weighted by Crippen LogP contribution is 2.47. The summed E-state index contributed by atoms with van der Waals surface area (Å²) in [6, 6.07) is 0. The van der Waals surface area contributed by atoms with E-state index >= 15 is 0 Å². The van der Waals surface area contributed by atoms with Gasteiger partial charge < -0.3 is 19.9 Å². The molecule has 30 heavy (non-hydrogen) atoms. The Bertz CT molecular complexity index is 884. The Morgan fingerprint density at radius 2 is 2.07 bits per heavy atom. The van der Waals surface area contributed by atoms with Crippen molar-refractivity contribution in [3.63, 3.8) is 0 Å². The highest BCUT2D eigenvalue weighted by Gasteiger charge is 2.55. The number of nitrogens with two attached hydrogens (primary N) is 1. The quantitative estimate of drug-likeness (QED) is 0.255. The minimum atomic E-state index is -1.01. The zero-order chi connectivity index (χ0) is 21.6. The number of hydrogen-bond acceptors (Lipinski definition) is 8. The van der Waals surface area contributed by atoms with Gasteiger partial charge in [-0.25, -0.2) is 9.97 Å². The minimum absolute atomic E-state index is 0.213. The molecule has 1 unspecified atom stereocenters. The molecule has 2 N–H and O–H groups in total. The average molecular weight is 419 g/mol. The first-order chi connectivity index (χ1) is 14.6. The Kier molecular flexibility index (Phi) is 7.43. The molecule has 0 spiro atoms. The van der Waals surface area contributed by atoms with Crippen molar-refractivity contribution in [2.24, 2.45) is 5.11 Å². The van der Waals surface area contributed by atoms with Crippen molar-refractivity contribution in [3.8, 4) is 0 Å². The van der Waals surface area contributed by atoms with Crippen molar-refractivity contribution in [3.05, 3.63) is 28.5 Å². The number of ether oxygens (including phenoxy) is 3. The second-order valence-corrected chi connectivity index (χ2v) is 7.61. The molecular formula is C19H30N8O3. The number of rotatable bonds is 11. The molecule has 0 aliphatic carbocycles. The van der Waals surface area contributed by atoms with Gasteiger partial charge in [0.15, 0.2) is 5.65 Å². The summed E-state index contributed by atoms with van der Waals surface area (Å²) in [5.41, 5.74) is 15.4. The summed E-state index contributed by atoms with van der Waals surface area (Å²) in [6.07, 6.45) is 5.42. The van der Waals surface area contributed by atoms with Gasteiger partial charge in [0, 0.05) is 23.7 Å². The van der Waals surface area contributed by atoms with Gasteiger partial charge >= 0.3 is 0 Å². The van der Waals surface area contributed by atoms with Crippen molar-refractivity contribution in [1.29, 1.82) is 0 Å². The van der Waals surface area contributed by atoms with Crippen LogP contribution in [0.4, 0.5) is 5.95 Å². The highest BCUT2D eigenvalue weighted by atomic mass is 16.6. The minimum Gasteiger partial charge on any atom is -0.379 e. The summed E-state index contributed by atoms with van der Waals surface area (Å²) in [5, 5.41) is 8.42. The van der Waals surface area contributed by atoms with Crippen LogP contribution < -0.4 is 5.73 Å². The summed E-state index contributed by atoms with van der Waals surface area (Å²) >= 11 is 0. The highest BCUT2D eigenvalue weighted by molar-refractivity contribution is 5.51. The first kappa shape index (κ1) is 22.2. The first-order valence-corrected chi connectivity index (χ1v) is 10.4. The maximum absolute atomic E-state index is 9.34. The van der Waals surface area contributed by atoms with E-state index < -0.39 is 23.9 Å². The van der Waals surface area contributed by atoms with Gasteiger partial charge in [-0.15, -0.1) is 0 Å². The van der Waals surface area contributed by atoms with Gasteiger partial charge in [-0.05, 0) is 25.3 Å². The van der Waals surface area contributed by atoms with Crippen LogP contribution in [-0.4, -0.2) is 57.1 Å². The van der Waals surface area contributed by atoms with Crippen molar-refractivity contribution in [2.75, 3.05) is 25.6 Å². The van der Waals surface area contributed by atoms with Gasteiger partial charge in [0.05, 0.1) is 18.9 Å². The van der Waals surface area contributed by atoms with Crippen LogP contribution in [0.25, 0.3) is 16.1 Å². The van der Waals surface area contributed by atoms with E-state index in [1.165, 1.54) is 10.8 Å². The molecule has 0 aromatic carbocycles. The molecular weight excluding hydrogens is 388 g/mol. The van der Waals surface area contributed by atoms with Crippen LogP contribution in [0.3, 0.4) is 0 Å². The van der Waals surface area contributed by atoms with E-state index in [1.807, 2.05) is 6.92 Å². The number of nitrogens with zero attached hydrogens (tertiary/aromatic N) is 7. The molecule has 3 rings (SSSR count). The molecule has 0 amide bonds. The van der Waals surface area contributed by atoms with Gasteiger partial charge in [0.1, 0.15) is 24.1 Å². The zero-order valence-corrected chi connectivity index (χ0v) is 17.8. The normalized spacial score (nSPS) is 26.2. The monoisotopic (exact) mass is 418 g/mol. The van der Waals surface area contributed by atoms with Gasteiger partial charge in [-0.3, -0.25) is 0 Å². The van der Waals surface area contributed by atoms with Crippen molar-refractivity contribution < 1.29 is 14.2 Å². The molecule has 1 fully saturated rings. The third kappa shape index (κ3) is 4.34. The average Bonchev–Trinajstić information content (AvgIpc) is 3.26. The smallest absolute Gasteiger partial charge is 0.224 e. The Balaban J connectivity index is 1.95. The van der Waals surface area contributed by atoms with Crippen LogP contribution in [0.15, 0.2) is 17.6 Å². The number of azide groups is 1. The number of nitrogen functional groups attached to an aromatic ring is 1. The number of unbranched alkanes of at least 4 members (excludes halogenated alkanes) is 2. The van der Waals surface area contributed by atoms with Crippen molar-refractivity contribution in [2.45, 2.75) is 70.3 Å². The molecule has 0 saturated carbocycles. The molecule has 0 radical (unpaired) electrons.